The largest absolute Gasteiger partial charge is 0.461 e. The molecule has 4 fully saturated rings. The molecule has 0 heterocycles. The Kier molecular flexibility index (Phi) is 14.6. The Morgan fingerprint density at radius 3 is 2.03 bits per heavy atom. The van der Waals surface area contributed by atoms with Crippen LogP contribution in [-0.4, -0.2) is 68.8 Å². The second-order valence-electron chi connectivity index (χ2n) is 21.7. The van der Waals surface area contributed by atoms with Crippen LogP contribution in [0.2, 0.25) is 0 Å². The van der Waals surface area contributed by atoms with Gasteiger partial charge in [0.1, 0.15) is 32.3 Å². The van der Waals surface area contributed by atoms with Crippen molar-refractivity contribution in [1.82, 2.24) is 5.32 Å². The molecule has 5 aliphatic rings. The monoisotopic (exact) mass is 844 g/mol. The SMILES string of the molecule is CC(C)(C)OCOCCCCC1CCC2C3CCC4CC(OC(=O)[C@H](CCOCOC(C)(C)C)NC(=O)OCC5c6ccccc6-c6ccccc65)CCC4(C)[C@H]3CCC12C. The summed E-state index contributed by atoms with van der Waals surface area (Å²) in [7, 11) is 0. The van der Waals surface area contributed by atoms with E-state index in [1.165, 1.54) is 62.5 Å². The number of alkyl carbamates (subject to hydrolysis) is 1. The molecule has 7 rings (SSSR count). The highest BCUT2D eigenvalue weighted by Gasteiger charge is 2.60. The van der Waals surface area contributed by atoms with E-state index in [9.17, 15) is 9.59 Å². The molecule has 5 aliphatic carbocycles. The Hall–Kier alpha value is -2.98. The van der Waals surface area contributed by atoms with Crippen LogP contribution < -0.4 is 5.32 Å². The quantitative estimate of drug-likeness (QED) is 0.0954. The van der Waals surface area contributed by atoms with Gasteiger partial charge >= 0.3 is 12.1 Å². The molecule has 0 saturated heterocycles. The molecule has 9 heteroatoms. The van der Waals surface area contributed by atoms with E-state index in [-0.39, 0.29) is 55.1 Å². The second-order valence-corrected chi connectivity index (χ2v) is 21.7. The third kappa shape index (κ3) is 10.9. The van der Waals surface area contributed by atoms with Crippen molar-refractivity contribution in [1.29, 1.82) is 0 Å². The van der Waals surface area contributed by atoms with Crippen molar-refractivity contribution in [2.75, 3.05) is 33.4 Å². The first-order valence-electron chi connectivity index (χ1n) is 23.8. The number of ether oxygens (including phenoxy) is 6. The molecule has 0 radical (unpaired) electrons. The second kappa shape index (κ2) is 19.4. The van der Waals surface area contributed by atoms with E-state index in [2.05, 4.69) is 64.2 Å². The van der Waals surface area contributed by atoms with Gasteiger partial charge in [0.15, 0.2) is 0 Å². The fraction of sp³-hybridized carbons (Fsp3) is 0.731. The fourth-order valence-electron chi connectivity index (χ4n) is 12.5. The molecule has 0 bridgehead atoms. The summed E-state index contributed by atoms with van der Waals surface area (Å²) in [6.45, 7) is 19.0. The van der Waals surface area contributed by atoms with Gasteiger partial charge in [-0.2, -0.15) is 0 Å². The minimum absolute atomic E-state index is 0.0731. The molecule has 0 spiro atoms. The van der Waals surface area contributed by atoms with Gasteiger partial charge < -0.3 is 33.7 Å². The van der Waals surface area contributed by atoms with Crippen molar-refractivity contribution >= 4 is 12.1 Å². The number of hydrogen-bond donors (Lipinski definition) is 1. The van der Waals surface area contributed by atoms with Crippen LogP contribution in [-0.2, 0) is 33.2 Å². The summed E-state index contributed by atoms with van der Waals surface area (Å²) in [4.78, 5) is 27.5. The highest BCUT2D eigenvalue weighted by atomic mass is 16.7. The lowest BCUT2D eigenvalue weighted by atomic mass is 9.44. The molecule has 338 valence electrons. The average molecular weight is 844 g/mol. The molecule has 4 saturated carbocycles. The number of unbranched alkanes of at least 4 members (excludes halogenated alkanes) is 1. The Morgan fingerprint density at radius 2 is 1.36 bits per heavy atom. The maximum absolute atomic E-state index is 14.0. The lowest BCUT2D eigenvalue weighted by molar-refractivity contribution is -0.165. The van der Waals surface area contributed by atoms with Crippen LogP contribution in [0.15, 0.2) is 48.5 Å². The van der Waals surface area contributed by atoms with Gasteiger partial charge in [-0.25, -0.2) is 9.59 Å². The lowest BCUT2D eigenvalue weighted by Crippen LogP contribution is -2.54. The van der Waals surface area contributed by atoms with E-state index < -0.39 is 18.1 Å². The van der Waals surface area contributed by atoms with E-state index in [0.29, 0.717) is 18.1 Å². The maximum Gasteiger partial charge on any atom is 0.407 e. The summed E-state index contributed by atoms with van der Waals surface area (Å²) in [6.07, 6.45) is 13.9. The van der Waals surface area contributed by atoms with Crippen LogP contribution >= 0.6 is 0 Å². The molecule has 0 aliphatic heterocycles. The fourth-order valence-corrected chi connectivity index (χ4v) is 12.5. The molecule has 7 unspecified atom stereocenters. The highest BCUT2D eigenvalue weighted by Crippen LogP contribution is 2.68. The summed E-state index contributed by atoms with van der Waals surface area (Å²) in [5, 5.41) is 2.88. The number of fused-ring (bicyclic) bond motifs is 8. The van der Waals surface area contributed by atoms with Crippen molar-refractivity contribution in [3.63, 3.8) is 0 Å². The molecule has 61 heavy (non-hydrogen) atoms. The smallest absolute Gasteiger partial charge is 0.407 e. The molecule has 9 atom stereocenters. The number of amides is 1. The highest BCUT2D eigenvalue weighted by molar-refractivity contribution is 5.82. The van der Waals surface area contributed by atoms with Crippen molar-refractivity contribution in [3.8, 4) is 11.1 Å². The first kappa shape index (κ1) is 46.0. The number of carbonyl (C=O) groups is 2. The van der Waals surface area contributed by atoms with Crippen LogP contribution in [0.25, 0.3) is 11.1 Å². The number of carbonyl (C=O) groups excluding carboxylic acids is 2. The summed E-state index contributed by atoms with van der Waals surface area (Å²) in [6, 6.07) is 15.7. The van der Waals surface area contributed by atoms with Gasteiger partial charge in [0.05, 0.1) is 17.8 Å². The zero-order valence-electron chi connectivity index (χ0n) is 38.7. The number of esters is 1. The van der Waals surface area contributed by atoms with Gasteiger partial charge in [-0.3, -0.25) is 0 Å². The predicted molar refractivity (Wildman–Crippen MR) is 239 cm³/mol. The summed E-state index contributed by atoms with van der Waals surface area (Å²) < 4.78 is 35.2. The zero-order valence-corrected chi connectivity index (χ0v) is 38.7. The number of rotatable bonds is 17. The Bertz CT molecular complexity index is 1740. The lowest BCUT2D eigenvalue weighted by Gasteiger charge is -2.61. The minimum atomic E-state index is -0.893. The normalized spacial score (nSPS) is 30.0. The molecule has 2 aromatic carbocycles. The van der Waals surface area contributed by atoms with Gasteiger partial charge in [-0.05, 0) is 175 Å². The average Bonchev–Trinajstić information content (AvgIpc) is 3.72. The Labute approximate surface area is 367 Å². The van der Waals surface area contributed by atoms with Crippen molar-refractivity contribution < 1.29 is 38.0 Å². The van der Waals surface area contributed by atoms with Crippen LogP contribution in [0, 0.1) is 40.4 Å². The van der Waals surface area contributed by atoms with Gasteiger partial charge in [0.2, 0.25) is 0 Å². The molecule has 1 N–H and O–H groups in total. The Morgan fingerprint density at radius 1 is 0.738 bits per heavy atom. The molecule has 0 aromatic heterocycles. The van der Waals surface area contributed by atoms with E-state index in [4.69, 9.17) is 28.4 Å². The maximum atomic E-state index is 14.0. The zero-order chi connectivity index (χ0) is 43.4. The van der Waals surface area contributed by atoms with E-state index >= 15 is 0 Å². The first-order valence-corrected chi connectivity index (χ1v) is 23.8. The molecule has 9 nitrogen and oxygen atoms in total. The third-order valence-corrected chi connectivity index (χ3v) is 15.8. The summed E-state index contributed by atoms with van der Waals surface area (Å²) in [5.41, 5.74) is 4.84. The number of nitrogens with one attached hydrogen (secondary N) is 1. The van der Waals surface area contributed by atoms with E-state index in [1.807, 2.05) is 45.0 Å². The Balaban J connectivity index is 0.916. The van der Waals surface area contributed by atoms with Crippen molar-refractivity contribution in [2.45, 2.75) is 168 Å². The van der Waals surface area contributed by atoms with E-state index in [1.54, 1.807) is 0 Å². The van der Waals surface area contributed by atoms with Gasteiger partial charge in [0, 0.05) is 18.9 Å². The molecular weight excluding hydrogens is 767 g/mol. The third-order valence-electron chi connectivity index (χ3n) is 15.8. The number of benzene rings is 2. The van der Waals surface area contributed by atoms with Gasteiger partial charge in [-0.1, -0.05) is 68.8 Å². The summed E-state index contributed by atoms with van der Waals surface area (Å²) in [5.74, 6) is 3.23. The van der Waals surface area contributed by atoms with Crippen molar-refractivity contribution in [2.24, 2.45) is 40.4 Å². The van der Waals surface area contributed by atoms with Crippen LogP contribution in [0.5, 0.6) is 0 Å². The van der Waals surface area contributed by atoms with Crippen LogP contribution in [0.1, 0.15) is 156 Å². The van der Waals surface area contributed by atoms with E-state index in [0.717, 1.165) is 67.1 Å². The van der Waals surface area contributed by atoms with Gasteiger partial charge in [0.25, 0.3) is 0 Å². The standard InChI is InChI=1S/C52H77NO8/c1-49(2,3)59-33-56-29-14-13-15-35-21-23-44-42-22-20-36-31-37(24-27-52(36,8)45(42)25-28-51(35,44)7)61-47(54)46(26-30-57-34-60-50(4,5)6)53-48(55)58-32-43-40-18-11-9-16-38(40)39-17-10-12-19-41(39)43/h9-12,16-19,35-37,42-46H,13-15,20-34H2,1-8H3,(H,53,55)/t35?,36?,37?,42?,44?,45-,46-,51?,52?/m0/s1. The molecular formula is C52H77NO8. The van der Waals surface area contributed by atoms with Gasteiger partial charge in [-0.15, -0.1) is 0 Å². The molecule has 1 amide bonds. The van der Waals surface area contributed by atoms with Crippen LogP contribution in [0.3, 0.4) is 0 Å². The summed E-state index contributed by atoms with van der Waals surface area (Å²) >= 11 is 0. The van der Waals surface area contributed by atoms with Crippen LogP contribution in [0.4, 0.5) is 4.79 Å². The predicted octanol–water partition coefficient (Wildman–Crippen LogP) is 11.6. The number of hydrogen-bond acceptors (Lipinski definition) is 8. The minimum Gasteiger partial charge on any atom is -0.461 e. The topological polar surface area (TPSA) is 102 Å². The van der Waals surface area contributed by atoms with Crippen molar-refractivity contribution in [3.05, 3.63) is 59.7 Å². The molecule has 2 aromatic rings. The first-order chi connectivity index (χ1) is 29.1.